The van der Waals surface area contributed by atoms with Crippen LogP contribution in [0.5, 0.6) is 0 Å². The normalized spacial score (nSPS) is 18.6. The van der Waals surface area contributed by atoms with Gasteiger partial charge in [-0.3, -0.25) is 0 Å². The summed E-state index contributed by atoms with van der Waals surface area (Å²) < 4.78 is 1.76. The van der Waals surface area contributed by atoms with Crippen LogP contribution in [-0.4, -0.2) is 44.7 Å². The van der Waals surface area contributed by atoms with Crippen molar-refractivity contribution >= 4 is 5.65 Å². The molecule has 0 bridgehead atoms. The van der Waals surface area contributed by atoms with Gasteiger partial charge in [-0.25, -0.2) is 9.50 Å². The van der Waals surface area contributed by atoms with E-state index in [1.165, 1.54) is 0 Å². The van der Waals surface area contributed by atoms with Gasteiger partial charge in [-0.1, -0.05) is 0 Å². The minimum Gasteiger partial charge on any atom is -0.390 e. The molecule has 3 rings (SSSR count). The average molecular weight is 246 g/mol. The smallest absolute Gasteiger partial charge is 0.153 e. The Labute approximate surface area is 106 Å². The van der Waals surface area contributed by atoms with Crippen LogP contribution in [0.2, 0.25) is 0 Å². The number of hydrogen-bond donors (Lipinski definition) is 1. The van der Waals surface area contributed by atoms with Crippen LogP contribution in [-0.2, 0) is 6.61 Å². The highest BCUT2D eigenvalue weighted by molar-refractivity contribution is 5.39. The molecule has 0 amide bonds. The van der Waals surface area contributed by atoms with Gasteiger partial charge in [-0.15, -0.1) is 0 Å². The van der Waals surface area contributed by atoms with Crippen molar-refractivity contribution in [3.63, 3.8) is 0 Å². The second kappa shape index (κ2) is 4.66. The van der Waals surface area contributed by atoms with Crippen LogP contribution in [0.3, 0.4) is 0 Å². The maximum Gasteiger partial charge on any atom is 0.153 e. The molecular formula is C13H18N4O. The number of likely N-dealkylation sites (tertiary alicyclic amines) is 1. The number of aliphatic hydroxyl groups is 1. The van der Waals surface area contributed by atoms with Crippen LogP contribution in [0.15, 0.2) is 18.3 Å². The first-order chi connectivity index (χ1) is 8.78. The van der Waals surface area contributed by atoms with Crippen LogP contribution in [0, 0.1) is 0 Å². The van der Waals surface area contributed by atoms with Gasteiger partial charge in [-0.05, 0) is 45.1 Å². The van der Waals surface area contributed by atoms with Crippen molar-refractivity contribution in [1.29, 1.82) is 0 Å². The summed E-state index contributed by atoms with van der Waals surface area (Å²) in [4.78, 5) is 6.57. The van der Waals surface area contributed by atoms with E-state index in [-0.39, 0.29) is 6.61 Å². The zero-order chi connectivity index (χ0) is 12.5. The Hall–Kier alpha value is -1.46. The Bertz CT molecular complexity index is 543. The summed E-state index contributed by atoms with van der Waals surface area (Å²) in [7, 11) is 2.16. The SMILES string of the molecule is CN1CCC(c2ccc3ncc(CO)n3n2)CC1. The lowest BCUT2D eigenvalue weighted by Gasteiger charge is -2.28. The number of nitrogens with zero attached hydrogens (tertiary/aromatic N) is 4. The molecule has 3 heterocycles. The molecule has 0 radical (unpaired) electrons. The van der Waals surface area contributed by atoms with E-state index >= 15 is 0 Å². The fraction of sp³-hybridized carbons (Fsp3) is 0.538. The zero-order valence-electron chi connectivity index (χ0n) is 10.6. The fourth-order valence-electron chi connectivity index (χ4n) is 2.56. The number of hydrogen-bond acceptors (Lipinski definition) is 4. The molecule has 0 aromatic carbocycles. The van der Waals surface area contributed by atoms with Gasteiger partial charge in [0.1, 0.15) is 0 Å². The van der Waals surface area contributed by atoms with Crippen molar-refractivity contribution in [3.8, 4) is 0 Å². The van der Waals surface area contributed by atoms with Crippen molar-refractivity contribution < 1.29 is 5.11 Å². The van der Waals surface area contributed by atoms with Crippen LogP contribution < -0.4 is 0 Å². The molecule has 1 fully saturated rings. The fourth-order valence-corrected chi connectivity index (χ4v) is 2.56. The third-order valence-electron chi connectivity index (χ3n) is 3.75. The Morgan fingerprint density at radius 1 is 1.33 bits per heavy atom. The molecule has 0 aliphatic carbocycles. The summed E-state index contributed by atoms with van der Waals surface area (Å²) in [5.41, 5.74) is 2.67. The van der Waals surface area contributed by atoms with E-state index in [2.05, 4.69) is 28.1 Å². The van der Waals surface area contributed by atoms with Crippen molar-refractivity contribution in [3.05, 3.63) is 29.7 Å². The topological polar surface area (TPSA) is 53.7 Å². The minimum atomic E-state index is -0.0228. The first kappa shape index (κ1) is 11.6. The molecule has 5 heteroatoms. The molecule has 1 aliphatic heterocycles. The molecular weight excluding hydrogens is 228 g/mol. The van der Waals surface area contributed by atoms with Crippen LogP contribution in [0.4, 0.5) is 0 Å². The minimum absolute atomic E-state index is 0.0228. The average Bonchev–Trinajstić information content (AvgIpc) is 2.81. The maximum atomic E-state index is 9.25. The number of aromatic nitrogens is 3. The Morgan fingerprint density at radius 2 is 2.11 bits per heavy atom. The molecule has 0 saturated carbocycles. The van der Waals surface area contributed by atoms with Crippen LogP contribution in [0.25, 0.3) is 5.65 Å². The van der Waals surface area contributed by atoms with Crippen molar-refractivity contribution in [2.24, 2.45) is 0 Å². The summed E-state index contributed by atoms with van der Waals surface area (Å²) >= 11 is 0. The lowest BCUT2D eigenvalue weighted by Crippen LogP contribution is -2.29. The van der Waals surface area contributed by atoms with Crippen molar-refractivity contribution in [2.45, 2.75) is 25.4 Å². The molecule has 1 N–H and O–H groups in total. The number of aliphatic hydroxyl groups excluding tert-OH is 1. The second-order valence-corrected chi connectivity index (χ2v) is 5.01. The summed E-state index contributed by atoms with van der Waals surface area (Å²) in [6, 6.07) is 4.05. The van der Waals surface area contributed by atoms with E-state index in [9.17, 15) is 5.11 Å². The molecule has 0 unspecified atom stereocenters. The molecule has 2 aromatic rings. The number of rotatable bonds is 2. The molecule has 1 aliphatic rings. The number of imidazole rings is 1. The second-order valence-electron chi connectivity index (χ2n) is 5.01. The maximum absolute atomic E-state index is 9.25. The monoisotopic (exact) mass is 246 g/mol. The molecule has 2 aromatic heterocycles. The summed E-state index contributed by atoms with van der Waals surface area (Å²) in [5, 5.41) is 13.9. The zero-order valence-corrected chi connectivity index (χ0v) is 10.6. The Morgan fingerprint density at radius 3 is 2.83 bits per heavy atom. The van der Waals surface area contributed by atoms with Gasteiger partial charge in [-0.2, -0.15) is 5.10 Å². The molecule has 0 spiro atoms. The highest BCUT2D eigenvalue weighted by Gasteiger charge is 2.20. The van der Waals surface area contributed by atoms with Gasteiger partial charge in [0.05, 0.1) is 24.2 Å². The summed E-state index contributed by atoms with van der Waals surface area (Å²) in [6.45, 7) is 2.23. The number of piperidine rings is 1. The quantitative estimate of drug-likeness (QED) is 0.860. The molecule has 1 saturated heterocycles. The third kappa shape index (κ3) is 2.00. The van der Waals surface area contributed by atoms with Gasteiger partial charge in [0.15, 0.2) is 5.65 Å². The van der Waals surface area contributed by atoms with Crippen LogP contribution >= 0.6 is 0 Å². The third-order valence-corrected chi connectivity index (χ3v) is 3.75. The standard InChI is InChI=1S/C13H18N4O/c1-16-6-4-10(5-7-16)12-2-3-13-14-8-11(9-18)17(13)15-12/h2-3,8,10,18H,4-7,9H2,1H3. The molecule has 0 atom stereocenters. The highest BCUT2D eigenvalue weighted by atomic mass is 16.3. The van der Waals surface area contributed by atoms with E-state index in [1.54, 1.807) is 10.7 Å². The van der Waals surface area contributed by atoms with E-state index in [0.717, 1.165) is 43.0 Å². The van der Waals surface area contributed by atoms with Gasteiger partial charge in [0, 0.05) is 5.92 Å². The Balaban J connectivity index is 1.92. The van der Waals surface area contributed by atoms with Gasteiger partial charge in [0.2, 0.25) is 0 Å². The van der Waals surface area contributed by atoms with Gasteiger partial charge < -0.3 is 10.0 Å². The molecule has 96 valence electrons. The largest absolute Gasteiger partial charge is 0.390 e. The van der Waals surface area contributed by atoms with E-state index < -0.39 is 0 Å². The lowest BCUT2D eigenvalue weighted by molar-refractivity contribution is 0.252. The van der Waals surface area contributed by atoms with Crippen molar-refractivity contribution in [2.75, 3.05) is 20.1 Å². The first-order valence-electron chi connectivity index (χ1n) is 6.41. The lowest BCUT2D eigenvalue weighted by atomic mass is 9.94. The van der Waals surface area contributed by atoms with E-state index in [1.807, 2.05) is 6.07 Å². The molecule has 18 heavy (non-hydrogen) atoms. The van der Waals surface area contributed by atoms with Crippen LogP contribution in [0.1, 0.15) is 30.1 Å². The predicted octanol–water partition coefficient (Wildman–Crippen LogP) is 1.03. The Kier molecular flexibility index (Phi) is 3.01. The summed E-state index contributed by atoms with van der Waals surface area (Å²) in [6.07, 6.45) is 3.98. The van der Waals surface area contributed by atoms with E-state index in [0.29, 0.717) is 5.92 Å². The number of fused-ring (bicyclic) bond motifs is 1. The van der Waals surface area contributed by atoms with Gasteiger partial charge >= 0.3 is 0 Å². The highest BCUT2D eigenvalue weighted by Crippen LogP contribution is 2.26. The predicted molar refractivity (Wildman–Crippen MR) is 68.4 cm³/mol. The van der Waals surface area contributed by atoms with E-state index in [4.69, 9.17) is 0 Å². The summed E-state index contributed by atoms with van der Waals surface area (Å²) in [5.74, 6) is 0.527. The van der Waals surface area contributed by atoms with Gasteiger partial charge in [0.25, 0.3) is 0 Å². The first-order valence-corrected chi connectivity index (χ1v) is 6.41. The molecule has 5 nitrogen and oxygen atoms in total. The van der Waals surface area contributed by atoms with Crippen molar-refractivity contribution in [1.82, 2.24) is 19.5 Å².